The minimum Gasteiger partial charge on any atom is -0.371 e. The fourth-order valence-electron chi connectivity index (χ4n) is 2.63. The Morgan fingerprint density at radius 3 is 2.84 bits per heavy atom. The molecule has 1 saturated heterocycles. The van der Waals surface area contributed by atoms with E-state index in [1.807, 2.05) is 23.1 Å². The fourth-order valence-corrected chi connectivity index (χ4v) is 2.63. The molecule has 3 rings (SSSR count). The van der Waals surface area contributed by atoms with Crippen molar-refractivity contribution in [3.8, 4) is 0 Å². The van der Waals surface area contributed by atoms with E-state index in [2.05, 4.69) is 23.3 Å². The number of likely N-dealkylation sites (N-methyl/N-ethyl adjacent to an activating group) is 1. The first kappa shape index (κ1) is 12.4. The number of para-hydroxylation sites is 2. The van der Waals surface area contributed by atoms with Crippen molar-refractivity contribution in [3.63, 3.8) is 0 Å². The molecule has 1 N–H and O–H groups in total. The van der Waals surface area contributed by atoms with Gasteiger partial charge in [-0.3, -0.25) is 4.79 Å². The third-order valence-electron chi connectivity index (χ3n) is 3.71. The van der Waals surface area contributed by atoms with E-state index in [1.54, 1.807) is 0 Å². The maximum atomic E-state index is 12.6. The van der Waals surface area contributed by atoms with E-state index < -0.39 is 0 Å². The lowest BCUT2D eigenvalue weighted by atomic mass is 10.1. The summed E-state index contributed by atoms with van der Waals surface area (Å²) in [7, 11) is 2.05. The number of anilines is 2. The molecule has 2 heterocycles. The Bertz CT molecular complexity index is 472. The van der Waals surface area contributed by atoms with Gasteiger partial charge in [0, 0.05) is 33.2 Å². The molecule has 2 aliphatic heterocycles. The van der Waals surface area contributed by atoms with Crippen LogP contribution in [0.2, 0.25) is 0 Å². The third-order valence-corrected chi connectivity index (χ3v) is 3.71. The molecular weight excluding hydrogens is 242 g/mol. The van der Waals surface area contributed by atoms with Crippen LogP contribution in [0.25, 0.3) is 0 Å². The van der Waals surface area contributed by atoms with Crippen LogP contribution < -0.4 is 15.1 Å². The van der Waals surface area contributed by atoms with Crippen molar-refractivity contribution >= 4 is 17.3 Å². The monoisotopic (exact) mass is 261 g/mol. The van der Waals surface area contributed by atoms with Crippen molar-refractivity contribution in [1.29, 1.82) is 0 Å². The molecule has 1 aromatic carbocycles. The van der Waals surface area contributed by atoms with Crippen LogP contribution in [0.15, 0.2) is 24.3 Å². The number of nitrogens with one attached hydrogen (secondary N) is 1. The molecule has 5 heteroatoms. The highest BCUT2D eigenvalue weighted by molar-refractivity contribution is 6.00. The zero-order chi connectivity index (χ0) is 13.2. The van der Waals surface area contributed by atoms with Crippen LogP contribution in [-0.2, 0) is 9.53 Å². The van der Waals surface area contributed by atoms with Gasteiger partial charge in [-0.1, -0.05) is 12.1 Å². The van der Waals surface area contributed by atoms with Crippen LogP contribution in [0.5, 0.6) is 0 Å². The summed E-state index contributed by atoms with van der Waals surface area (Å²) in [6, 6.07) is 8.02. The number of carbonyl (C=O) groups is 1. The third kappa shape index (κ3) is 2.31. The first-order valence-electron chi connectivity index (χ1n) is 6.71. The summed E-state index contributed by atoms with van der Waals surface area (Å²) in [5.74, 6) is 0.0627. The number of hydrogen-bond acceptors (Lipinski definition) is 4. The standard InChI is InChI=1S/C14H19N3O2/c1-16-7-8-17(12-5-3-2-4-11(12)16)14(18)13-10-15-6-9-19-13/h2-5,13,15H,6-10H2,1H3. The number of nitrogens with zero attached hydrogens (tertiary/aromatic N) is 2. The second-order valence-corrected chi connectivity index (χ2v) is 4.96. The molecule has 19 heavy (non-hydrogen) atoms. The average Bonchev–Trinajstić information content (AvgIpc) is 2.48. The van der Waals surface area contributed by atoms with Crippen molar-refractivity contribution in [2.75, 3.05) is 49.6 Å². The molecule has 5 nitrogen and oxygen atoms in total. The van der Waals surface area contributed by atoms with Gasteiger partial charge in [0.05, 0.1) is 18.0 Å². The van der Waals surface area contributed by atoms with E-state index in [9.17, 15) is 4.79 Å². The number of fused-ring (bicyclic) bond motifs is 1. The number of hydrogen-bond donors (Lipinski definition) is 1. The highest BCUT2D eigenvalue weighted by Gasteiger charge is 2.31. The lowest BCUT2D eigenvalue weighted by Crippen LogP contribution is -2.52. The Morgan fingerprint density at radius 1 is 1.32 bits per heavy atom. The van der Waals surface area contributed by atoms with E-state index >= 15 is 0 Å². The van der Waals surface area contributed by atoms with Gasteiger partial charge >= 0.3 is 0 Å². The minimum absolute atomic E-state index is 0.0627. The van der Waals surface area contributed by atoms with Gasteiger partial charge in [0.2, 0.25) is 0 Å². The molecule has 1 aromatic rings. The fraction of sp³-hybridized carbons (Fsp3) is 0.500. The first-order valence-corrected chi connectivity index (χ1v) is 6.71. The number of rotatable bonds is 1. The van der Waals surface area contributed by atoms with Gasteiger partial charge in [-0.05, 0) is 12.1 Å². The van der Waals surface area contributed by atoms with Gasteiger partial charge in [0.1, 0.15) is 6.10 Å². The largest absolute Gasteiger partial charge is 0.371 e. The van der Waals surface area contributed by atoms with Crippen LogP contribution in [0.3, 0.4) is 0 Å². The molecule has 0 spiro atoms. The zero-order valence-corrected chi connectivity index (χ0v) is 11.1. The molecule has 1 unspecified atom stereocenters. The second kappa shape index (κ2) is 5.19. The van der Waals surface area contributed by atoms with Crippen molar-refractivity contribution < 1.29 is 9.53 Å². The van der Waals surface area contributed by atoms with Crippen molar-refractivity contribution in [1.82, 2.24) is 5.32 Å². The summed E-state index contributed by atoms with van der Waals surface area (Å²) in [5.41, 5.74) is 2.08. The van der Waals surface area contributed by atoms with E-state index in [4.69, 9.17) is 4.74 Å². The maximum Gasteiger partial charge on any atom is 0.257 e. The van der Waals surface area contributed by atoms with Gasteiger partial charge in [-0.15, -0.1) is 0 Å². The molecule has 0 saturated carbocycles. The number of amides is 1. The Morgan fingerprint density at radius 2 is 2.11 bits per heavy atom. The summed E-state index contributed by atoms with van der Waals surface area (Å²) < 4.78 is 5.57. The van der Waals surface area contributed by atoms with Gasteiger partial charge in [-0.25, -0.2) is 0 Å². The molecule has 2 aliphatic rings. The Labute approximate surface area is 113 Å². The summed E-state index contributed by atoms with van der Waals surface area (Å²) in [5, 5.41) is 3.20. The Hall–Kier alpha value is -1.59. The van der Waals surface area contributed by atoms with Crippen LogP contribution >= 0.6 is 0 Å². The van der Waals surface area contributed by atoms with E-state index in [1.165, 1.54) is 0 Å². The van der Waals surface area contributed by atoms with Gasteiger partial charge < -0.3 is 19.9 Å². The summed E-state index contributed by atoms with van der Waals surface area (Å²) in [6.45, 7) is 3.59. The second-order valence-electron chi connectivity index (χ2n) is 4.96. The SMILES string of the molecule is CN1CCN(C(=O)C2CNCCO2)c2ccccc21. The lowest BCUT2D eigenvalue weighted by Gasteiger charge is -2.37. The highest BCUT2D eigenvalue weighted by Crippen LogP contribution is 2.32. The smallest absolute Gasteiger partial charge is 0.257 e. The predicted molar refractivity (Wildman–Crippen MR) is 74.7 cm³/mol. The van der Waals surface area contributed by atoms with Crippen molar-refractivity contribution in [2.45, 2.75) is 6.10 Å². The number of ether oxygens (including phenoxy) is 1. The van der Waals surface area contributed by atoms with Crippen LogP contribution in [-0.4, -0.2) is 51.8 Å². The summed E-state index contributed by atoms with van der Waals surface area (Å²) in [4.78, 5) is 16.6. The zero-order valence-electron chi connectivity index (χ0n) is 11.1. The van der Waals surface area contributed by atoms with Gasteiger partial charge in [-0.2, -0.15) is 0 Å². The van der Waals surface area contributed by atoms with Crippen molar-refractivity contribution in [3.05, 3.63) is 24.3 Å². The van der Waals surface area contributed by atoms with Gasteiger partial charge in [0.15, 0.2) is 0 Å². The maximum absolute atomic E-state index is 12.6. The van der Waals surface area contributed by atoms with Crippen molar-refractivity contribution in [2.24, 2.45) is 0 Å². The Kier molecular flexibility index (Phi) is 3.40. The van der Waals surface area contributed by atoms with E-state index in [0.29, 0.717) is 19.7 Å². The predicted octanol–water partition coefficient (Wildman–Crippen LogP) is 0.458. The van der Waals surface area contributed by atoms with E-state index in [-0.39, 0.29) is 12.0 Å². The van der Waals surface area contributed by atoms with Crippen LogP contribution in [0.1, 0.15) is 0 Å². The normalized spacial score (nSPS) is 23.1. The van der Waals surface area contributed by atoms with Crippen LogP contribution in [0, 0.1) is 0 Å². The molecule has 1 fully saturated rings. The number of benzene rings is 1. The van der Waals surface area contributed by atoms with Crippen LogP contribution in [0.4, 0.5) is 11.4 Å². The molecule has 1 amide bonds. The first-order chi connectivity index (χ1) is 9.27. The molecule has 0 aliphatic carbocycles. The average molecular weight is 261 g/mol. The summed E-state index contributed by atoms with van der Waals surface area (Å²) in [6.07, 6.45) is -0.356. The molecule has 102 valence electrons. The molecular formula is C14H19N3O2. The van der Waals surface area contributed by atoms with Gasteiger partial charge in [0.25, 0.3) is 5.91 Å². The Balaban J connectivity index is 1.85. The topological polar surface area (TPSA) is 44.8 Å². The highest BCUT2D eigenvalue weighted by atomic mass is 16.5. The molecule has 0 aromatic heterocycles. The molecule has 1 atom stereocenters. The minimum atomic E-state index is -0.356. The summed E-state index contributed by atoms with van der Waals surface area (Å²) >= 11 is 0. The lowest BCUT2D eigenvalue weighted by molar-refractivity contribution is -0.131. The van der Waals surface area contributed by atoms with E-state index in [0.717, 1.165) is 24.5 Å². The number of carbonyl (C=O) groups excluding carboxylic acids is 1. The number of morpholine rings is 1. The molecule has 0 radical (unpaired) electrons. The molecule has 0 bridgehead atoms. The quantitative estimate of drug-likeness (QED) is 0.797.